The van der Waals surface area contributed by atoms with Crippen molar-refractivity contribution in [2.75, 3.05) is 17.7 Å². The first-order valence-electron chi connectivity index (χ1n) is 9.94. The first-order valence-corrected chi connectivity index (χ1v) is 11.7. The van der Waals surface area contributed by atoms with E-state index < -0.39 is 0 Å². The van der Waals surface area contributed by atoms with Crippen molar-refractivity contribution in [3.63, 3.8) is 0 Å². The summed E-state index contributed by atoms with van der Waals surface area (Å²) >= 11 is 3.12. The number of carbonyl (C=O) groups excluding carboxylic acids is 1. The van der Waals surface area contributed by atoms with Gasteiger partial charge in [0.1, 0.15) is 5.75 Å². The molecule has 1 aromatic carbocycles. The number of aromatic nitrogens is 2. The van der Waals surface area contributed by atoms with Crippen molar-refractivity contribution in [3.05, 3.63) is 29.8 Å². The molecular formula is C21H31N3O2S2. The lowest BCUT2D eigenvalue weighted by molar-refractivity contribution is -0.116. The number of unbranched alkanes of at least 4 members (excludes halogenated alkanes) is 1. The van der Waals surface area contributed by atoms with E-state index in [1.807, 2.05) is 12.1 Å². The summed E-state index contributed by atoms with van der Waals surface area (Å²) in [5.74, 6) is 1.83. The molecule has 0 aliphatic carbocycles. The minimum Gasteiger partial charge on any atom is -0.494 e. The fourth-order valence-corrected chi connectivity index (χ4v) is 4.36. The number of rotatable bonds is 12. The standard InChI is InChI=1S/C21H31N3O2S2/c1-5-7-15-27-20-24-23-19(28-20)22-18(25)9-8-14-26-17-12-10-16(11-13-17)21(3,4)6-2/h10-13H,5-9,14-15H2,1-4H3,(H,22,23,25). The lowest BCUT2D eigenvalue weighted by Crippen LogP contribution is -2.15. The molecule has 28 heavy (non-hydrogen) atoms. The molecule has 1 aromatic heterocycles. The van der Waals surface area contributed by atoms with Crippen LogP contribution in [-0.2, 0) is 10.2 Å². The number of carbonyl (C=O) groups is 1. The highest BCUT2D eigenvalue weighted by atomic mass is 32.2. The van der Waals surface area contributed by atoms with Gasteiger partial charge < -0.3 is 10.1 Å². The Balaban J connectivity index is 1.67. The monoisotopic (exact) mass is 421 g/mol. The molecule has 1 heterocycles. The Labute approximate surface area is 176 Å². The van der Waals surface area contributed by atoms with Gasteiger partial charge in [0.2, 0.25) is 11.0 Å². The van der Waals surface area contributed by atoms with Crippen molar-refractivity contribution in [1.82, 2.24) is 10.2 Å². The summed E-state index contributed by atoms with van der Waals surface area (Å²) in [5, 5.41) is 11.5. The number of thioether (sulfide) groups is 1. The predicted molar refractivity (Wildman–Crippen MR) is 119 cm³/mol. The van der Waals surface area contributed by atoms with Crippen LogP contribution in [0.4, 0.5) is 5.13 Å². The van der Waals surface area contributed by atoms with Crippen LogP contribution in [0.5, 0.6) is 5.75 Å². The maximum absolute atomic E-state index is 12.0. The van der Waals surface area contributed by atoms with Crippen LogP contribution in [0, 0.1) is 0 Å². The normalized spacial score (nSPS) is 11.4. The van der Waals surface area contributed by atoms with E-state index in [2.05, 4.69) is 55.3 Å². The van der Waals surface area contributed by atoms with Crippen LogP contribution in [0.2, 0.25) is 0 Å². The van der Waals surface area contributed by atoms with Crippen molar-refractivity contribution in [2.24, 2.45) is 0 Å². The summed E-state index contributed by atoms with van der Waals surface area (Å²) in [6.07, 6.45) is 4.48. The van der Waals surface area contributed by atoms with Gasteiger partial charge >= 0.3 is 0 Å². The smallest absolute Gasteiger partial charge is 0.226 e. The highest BCUT2D eigenvalue weighted by Gasteiger charge is 2.17. The molecule has 0 radical (unpaired) electrons. The number of hydrogen-bond donors (Lipinski definition) is 1. The number of hydrogen-bond acceptors (Lipinski definition) is 6. The lowest BCUT2D eigenvalue weighted by atomic mass is 9.82. The van der Waals surface area contributed by atoms with E-state index in [4.69, 9.17) is 4.74 Å². The summed E-state index contributed by atoms with van der Waals surface area (Å²) in [4.78, 5) is 12.0. The van der Waals surface area contributed by atoms with E-state index in [0.29, 0.717) is 24.6 Å². The van der Waals surface area contributed by atoms with Gasteiger partial charge in [-0.25, -0.2) is 0 Å². The van der Waals surface area contributed by atoms with Gasteiger partial charge in [-0.3, -0.25) is 4.79 Å². The van der Waals surface area contributed by atoms with Gasteiger partial charge in [-0.1, -0.05) is 69.3 Å². The third-order valence-corrected chi connectivity index (χ3v) is 6.77. The number of anilines is 1. The number of nitrogens with zero attached hydrogens (tertiary/aromatic N) is 2. The molecule has 0 aliphatic rings. The molecule has 0 saturated heterocycles. The van der Waals surface area contributed by atoms with Crippen LogP contribution < -0.4 is 10.1 Å². The van der Waals surface area contributed by atoms with E-state index in [0.717, 1.165) is 28.7 Å². The van der Waals surface area contributed by atoms with Gasteiger partial charge in [0.15, 0.2) is 4.34 Å². The van der Waals surface area contributed by atoms with Crippen molar-refractivity contribution >= 4 is 34.1 Å². The number of ether oxygens (including phenoxy) is 1. The quantitative estimate of drug-likeness (QED) is 0.262. The summed E-state index contributed by atoms with van der Waals surface area (Å²) in [6.45, 7) is 9.36. The molecule has 0 aliphatic heterocycles. The van der Waals surface area contributed by atoms with Gasteiger partial charge in [0.25, 0.3) is 0 Å². The molecule has 5 nitrogen and oxygen atoms in total. The van der Waals surface area contributed by atoms with Gasteiger partial charge in [-0.2, -0.15) is 0 Å². The number of amides is 1. The lowest BCUT2D eigenvalue weighted by Gasteiger charge is -2.23. The predicted octanol–water partition coefficient (Wildman–Crippen LogP) is 5.92. The summed E-state index contributed by atoms with van der Waals surface area (Å²) in [5.41, 5.74) is 1.49. The molecular weight excluding hydrogens is 390 g/mol. The fraction of sp³-hybridized carbons (Fsp3) is 0.571. The van der Waals surface area contributed by atoms with E-state index in [1.54, 1.807) is 11.8 Å². The molecule has 154 valence electrons. The molecule has 0 bridgehead atoms. The Bertz CT molecular complexity index is 730. The van der Waals surface area contributed by atoms with Crippen LogP contribution in [0.25, 0.3) is 0 Å². The first kappa shape index (κ1) is 22.7. The van der Waals surface area contributed by atoms with Gasteiger partial charge in [0.05, 0.1) is 6.61 Å². The van der Waals surface area contributed by atoms with E-state index in [-0.39, 0.29) is 11.3 Å². The Kier molecular flexibility index (Phi) is 9.25. The highest BCUT2D eigenvalue weighted by molar-refractivity contribution is 8.01. The molecule has 0 unspecified atom stereocenters. The zero-order chi connectivity index (χ0) is 20.4. The number of nitrogens with one attached hydrogen (secondary N) is 1. The molecule has 0 fully saturated rings. The highest BCUT2D eigenvalue weighted by Crippen LogP contribution is 2.28. The second-order valence-corrected chi connectivity index (χ2v) is 9.66. The molecule has 0 atom stereocenters. The van der Waals surface area contributed by atoms with Crippen LogP contribution in [-0.4, -0.2) is 28.5 Å². The molecule has 7 heteroatoms. The van der Waals surface area contributed by atoms with E-state index >= 15 is 0 Å². The largest absolute Gasteiger partial charge is 0.494 e. The van der Waals surface area contributed by atoms with Gasteiger partial charge in [0, 0.05) is 12.2 Å². The first-order chi connectivity index (χ1) is 13.4. The molecule has 1 N–H and O–H groups in total. The van der Waals surface area contributed by atoms with Crippen LogP contribution in [0.3, 0.4) is 0 Å². The van der Waals surface area contributed by atoms with Crippen LogP contribution in [0.1, 0.15) is 65.4 Å². The Morgan fingerprint density at radius 2 is 1.93 bits per heavy atom. The van der Waals surface area contributed by atoms with Crippen molar-refractivity contribution in [1.29, 1.82) is 0 Å². The second kappa shape index (κ2) is 11.4. The minimum atomic E-state index is -0.0510. The van der Waals surface area contributed by atoms with Crippen LogP contribution in [0.15, 0.2) is 28.6 Å². The molecule has 0 saturated carbocycles. The minimum absolute atomic E-state index is 0.0510. The molecule has 2 rings (SSSR count). The molecule has 2 aromatic rings. The summed E-state index contributed by atoms with van der Waals surface area (Å²) in [7, 11) is 0. The van der Waals surface area contributed by atoms with Crippen molar-refractivity contribution in [2.45, 2.75) is 69.6 Å². The molecule has 0 spiro atoms. The Morgan fingerprint density at radius 1 is 1.18 bits per heavy atom. The van der Waals surface area contributed by atoms with Gasteiger partial charge in [-0.15, -0.1) is 10.2 Å². The van der Waals surface area contributed by atoms with Gasteiger partial charge in [-0.05, 0) is 42.4 Å². The average molecular weight is 422 g/mol. The van der Waals surface area contributed by atoms with Crippen LogP contribution >= 0.6 is 23.1 Å². The number of benzene rings is 1. The zero-order valence-corrected chi connectivity index (χ0v) is 18.9. The summed E-state index contributed by atoms with van der Waals surface area (Å²) in [6, 6.07) is 8.26. The van der Waals surface area contributed by atoms with Crippen molar-refractivity contribution in [3.8, 4) is 5.75 Å². The second-order valence-electron chi connectivity index (χ2n) is 7.34. The maximum Gasteiger partial charge on any atom is 0.226 e. The summed E-state index contributed by atoms with van der Waals surface area (Å²) < 4.78 is 6.66. The fourth-order valence-electron chi connectivity index (χ4n) is 2.43. The van der Waals surface area contributed by atoms with Crippen molar-refractivity contribution < 1.29 is 9.53 Å². The average Bonchev–Trinajstić information content (AvgIpc) is 3.13. The SMILES string of the molecule is CCCCSc1nnc(NC(=O)CCCOc2ccc(C(C)(C)CC)cc2)s1. The third-order valence-electron chi connectivity index (χ3n) is 4.71. The molecule has 1 amide bonds. The maximum atomic E-state index is 12.0. The Hall–Kier alpha value is -1.60. The van der Waals surface area contributed by atoms with E-state index in [9.17, 15) is 4.79 Å². The zero-order valence-electron chi connectivity index (χ0n) is 17.3. The Morgan fingerprint density at radius 3 is 2.61 bits per heavy atom. The topological polar surface area (TPSA) is 64.1 Å². The van der Waals surface area contributed by atoms with E-state index in [1.165, 1.54) is 23.3 Å². The third kappa shape index (κ3) is 7.43.